The van der Waals surface area contributed by atoms with Gasteiger partial charge in [-0.3, -0.25) is 4.79 Å². The number of ether oxygens (including phenoxy) is 1. The van der Waals surface area contributed by atoms with E-state index in [0.717, 1.165) is 42.9 Å². The van der Waals surface area contributed by atoms with Crippen molar-refractivity contribution in [2.75, 3.05) is 25.5 Å². The second-order valence-electron chi connectivity index (χ2n) is 4.56. The summed E-state index contributed by atoms with van der Waals surface area (Å²) in [6.07, 6.45) is 1.81. The SMILES string of the molecule is CCc1cc(NC(=O)C2CCNC2)ccc1OC. The number of hydrogen-bond acceptors (Lipinski definition) is 3. The molecule has 1 unspecified atom stereocenters. The standard InChI is InChI=1S/C14H20N2O2/c1-3-10-8-12(4-5-13(10)18-2)16-14(17)11-6-7-15-9-11/h4-5,8,11,15H,3,6-7,9H2,1-2H3,(H,16,17). The van der Waals surface area contributed by atoms with E-state index in [9.17, 15) is 4.79 Å². The van der Waals surface area contributed by atoms with Crippen molar-refractivity contribution in [1.82, 2.24) is 5.32 Å². The van der Waals surface area contributed by atoms with Crippen molar-refractivity contribution in [2.24, 2.45) is 5.92 Å². The van der Waals surface area contributed by atoms with Crippen LogP contribution in [0.1, 0.15) is 18.9 Å². The Balaban J connectivity index is 2.06. The maximum atomic E-state index is 12.0. The Kier molecular flexibility index (Phi) is 4.20. The average Bonchev–Trinajstić information content (AvgIpc) is 2.92. The van der Waals surface area contributed by atoms with E-state index in [4.69, 9.17) is 4.74 Å². The normalized spacial score (nSPS) is 18.7. The average molecular weight is 248 g/mol. The summed E-state index contributed by atoms with van der Waals surface area (Å²) in [5.41, 5.74) is 1.96. The summed E-state index contributed by atoms with van der Waals surface area (Å²) < 4.78 is 5.27. The van der Waals surface area contributed by atoms with E-state index in [1.807, 2.05) is 18.2 Å². The number of benzene rings is 1. The first kappa shape index (κ1) is 12.9. The first-order valence-corrected chi connectivity index (χ1v) is 6.43. The molecular weight excluding hydrogens is 228 g/mol. The Hall–Kier alpha value is -1.55. The zero-order valence-electron chi connectivity index (χ0n) is 11.0. The van der Waals surface area contributed by atoms with Crippen molar-refractivity contribution in [2.45, 2.75) is 19.8 Å². The lowest BCUT2D eigenvalue weighted by Crippen LogP contribution is -2.24. The third kappa shape index (κ3) is 2.82. The topological polar surface area (TPSA) is 50.4 Å². The molecule has 0 radical (unpaired) electrons. The molecule has 1 amide bonds. The van der Waals surface area contributed by atoms with Crippen LogP contribution in [-0.4, -0.2) is 26.1 Å². The molecule has 1 heterocycles. The summed E-state index contributed by atoms with van der Waals surface area (Å²) in [6, 6.07) is 5.78. The zero-order chi connectivity index (χ0) is 13.0. The lowest BCUT2D eigenvalue weighted by Gasteiger charge is -2.12. The molecule has 18 heavy (non-hydrogen) atoms. The molecule has 2 N–H and O–H groups in total. The first-order chi connectivity index (χ1) is 8.74. The highest BCUT2D eigenvalue weighted by atomic mass is 16.5. The summed E-state index contributed by atoms with van der Waals surface area (Å²) in [5.74, 6) is 1.07. The number of methoxy groups -OCH3 is 1. The van der Waals surface area contributed by atoms with E-state index in [1.54, 1.807) is 7.11 Å². The van der Waals surface area contributed by atoms with Gasteiger partial charge in [-0.2, -0.15) is 0 Å². The van der Waals surface area contributed by atoms with Crippen LogP contribution in [0.25, 0.3) is 0 Å². The minimum absolute atomic E-state index is 0.0946. The highest BCUT2D eigenvalue weighted by Gasteiger charge is 2.22. The number of carbonyl (C=O) groups is 1. The van der Waals surface area contributed by atoms with Gasteiger partial charge in [0.15, 0.2) is 0 Å². The highest BCUT2D eigenvalue weighted by molar-refractivity contribution is 5.93. The molecule has 4 nitrogen and oxygen atoms in total. The molecule has 1 fully saturated rings. The number of amides is 1. The molecule has 1 saturated heterocycles. The van der Waals surface area contributed by atoms with Crippen molar-refractivity contribution in [3.8, 4) is 5.75 Å². The first-order valence-electron chi connectivity index (χ1n) is 6.43. The van der Waals surface area contributed by atoms with Gasteiger partial charge in [0.05, 0.1) is 13.0 Å². The van der Waals surface area contributed by atoms with Gasteiger partial charge in [0.1, 0.15) is 5.75 Å². The minimum Gasteiger partial charge on any atom is -0.496 e. The van der Waals surface area contributed by atoms with E-state index in [1.165, 1.54) is 0 Å². The second kappa shape index (κ2) is 5.87. The zero-order valence-corrected chi connectivity index (χ0v) is 11.0. The number of hydrogen-bond donors (Lipinski definition) is 2. The quantitative estimate of drug-likeness (QED) is 0.854. The molecule has 0 saturated carbocycles. The minimum atomic E-state index is 0.0946. The fraction of sp³-hybridized carbons (Fsp3) is 0.500. The van der Waals surface area contributed by atoms with Crippen LogP contribution in [0.5, 0.6) is 5.75 Å². The molecule has 1 atom stereocenters. The molecule has 98 valence electrons. The number of nitrogens with one attached hydrogen (secondary N) is 2. The van der Waals surface area contributed by atoms with Gasteiger partial charge in [-0.25, -0.2) is 0 Å². The number of aryl methyl sites for hydroxylation is 1. The van der Waals surface area contributed by atoms with Crippen LogP contribution in [0.4, 0.5) is 5.69 Å². The monoisotopic (exact) mass is 248 g/mol. The fourth-order valence-electron chi connectivity index (χ4n) is 2.26. The molecule has 0 bridgehead atoms. The molecule has 0 spiro atoms. The predicted octanol–water partition coefficient (Wildman–Crippen LogP) is 1.81. The summed E-state index contributed by atoms with van der Waals surface area (Å²) in [5, 5.41) is 6.17. The van der Waals surface area contributed by atoms with E-state index < -0.39 is 0 Å². The van der Waals surface area contributed by atoms with Crippen LogP contribution >= 0.6 is 0 Å². The number of rotatable bonds is 4. The van der Waals surface area contributed by atoms with E-state index in [-0.39, 0.29) is 11.8 Å². The van der Waals surface area contributed by atoms with Gasteiger partial charge in [0.25, 0.3) is 0 Å². The van der Waals surface area contributed by atoms with Crippen LogP contribution in [0.15, 0.2) is 18.2 Å². The van der Waals surface area contributed by atoms with Gasteiger partial charge >= 0.3 is 0 Å². The summed E-state index contributed by atoms with van der Waals surface area (Å²) >= 11 is 0. The van der Waals surface area contributed by atoms with Gasteiger partial charge in [-0.1, -0.05) is 6.92 Å². The van der Waals surface area contributed by atoms with Crippen molar-refractivity contribution < 1.29 is 9.53 Å². The van der Waals surface area contributed by atoms with Gasteiger partial charge in [0.2, 0.25) is 5.91 Å². The molecule has 2 rings (SSSR count). The smallest absolute Gasteiger partial charge is 0.228 e. The van der Waals surface area contributed by atoms with E-state index in [0.29, 0.717) is 0 Å². The molecular formula is C14H20N2O2. The second-order valence-corrected chi connectivity index (χ2v) is 4.56. The summed E-state index contributed by atoms with van der Waals surface area (Å²) in [6.45, 7) is 3.79. The Morgan fingerprint density at radius 3 is 3.00 bits per heavy atom. The largest absolute Gasteiger partial charge is 0.496 e. The van der Waals surface area contributed by atoms with Gasteiger partial charge in [0, 0.05) is 12.2 Å². The Labute approximate surface area is 108 Å². The highest BCUT2D eigenvalue weighted by Crippen LogP contribution is 2.23. The van der Waals surface area contributed by atoms with Crippen LogP contribution in [0, 0.1) is 5.92 Å². The Bertz CT molecular complexity index is 426. The maximum Gasteiger partial charge on any atom is 0.228 e. The molecule has 1 aliphatic heterocycles. The van der Waals surface area contributed by atoms with Crippen LogP contribution in [-0.2, 0) is 11.2 Å². The van der Waals surface area contributed by atoms with E-state index in [2.05, 4.69) is 17.6 Å². The van der Waals surface area contributed by atoms with Crippen molar-refractivity contribution >= 4 is 11.6 Å². The van der Waals surface area contributed by atoms with Crippen molar-refractivity contribution in [3.05, 3.63) is 23.8 Å². The summed E-state index contributed by atoms with van der Waals surface area (Å²) in [7, 11) is 1.66. The predicted molar refractivity (Wildman–Crippen MR) is 72.0 cm³/mol. The third-order valence-electron chi connectivity index (χ3n) is 3.36. The van der Waals surface area contributed by atoms with Crippen LogP contribution in [0.3, 0.4) is 0 Å². The van der Waals surface area contributed by atoms with Crippen LogP contribution in [0.2, 0.25) is 0 Å². The number of anilines is 1. The maximum absolute atomic E-state index is 12.0. The van der Waals surface area contributed by atoms with Crippen molar-refractivity contribution in [3.63, 3.8) is 0 Å². The lowest BCUT2D eigenvalue weighted by molar-refractivity contribution is -0.119. The molecule has 1 aromatic carbocycles. The Morgan fingerprint density at radius 1 is 1.56 bits per heavy atom. The molecule has 0 aromatic heterocycles. The van der Waals surface area contributed by atoms with Crippen LogP contribution < -0.4 is 15.4 Å². The molecule has 0 aliphatic carbocycles. The molecule has 1 aliphatic rings. The molecule has 1 aromatic rings. The number of carbonyl (C=O) groups excluding carboxylic acids is 1. The van der Waals surface area contributed by atoms with Crippen molar-refractivity contribution in [1.29, 1.82) is 0 Å². The van der Waals surface area contributed by atoms with Gasteiger partial charge in [-0.05, 0) is 43.1 Å². The third-order valence-corrected chi connectivity index (χ3v) is 3.36. The summed E-state index contributed by atoms with van der Waals surface area (Å²) in [4.78, 5) is 12.0. The molecule has 4 heteroatoms. The van der Waals surface area contributed by atoms with Gasteiger partial charge < -0.3 is 15.4 Å². The Morgan fingerprint density at radius 2 is 2.39 bits per heavy atom. The van der Waals surface area contributed by atoms with Gasteiger partial charge in [-0.15, -0.1) is 0 Å². The fourth-order valence-corrected chi connectivity index (χ4v) is 2.26. The van der Waals surface area contributed by atoms with E-state index >= 15 is 0 Å². The lowest BCUT2D eigenvalue weighted by atomic mass is 10.1.